The summed E-state index contributed by atoms with van der Waals surface area (Å²) in [5, 5.41) is 12.8. The molecule has 140 valence electrons. The van der Waals surface area contributed by atoms with Crippen molar-refractivity contribution in [2.75, 3.05) is 10.6 Å². The normalized spacial score (nSPS) is 10.8. The summed E-state index contributed by atoms with van der Waals surface area (Å²) in [5.74, 6) is -1.24. The molecule has 1 aromatic carbocycles. The Morgan fingerprint density at radius 1 is 1.07 bits per heavy atom. The van der Waals surface area contributed by atoms with E-state index in [-0.39, 0.29) is 17.1 Å². The third kappa shape index (κ3) is 4.17. The molecule has 8 nitrogen and oxygen atoms in total. The van der Waals surface area contributed by atoms with Crippen molar-refractivity contribution in [2.24, 2.45) is 0 Å². The minimum Gasteiger partial charge on any atom is -0.321 e. The first-order chi connectivity index (χ1) is 13.0. The first kappa shape index (κ1) is 18.2. The highest BCUT2D eigenvalue weighted by molar-refractivity contribution is 6.10. The van der Waals surface area contributed by atoms with Gasteiger partial charge in [0.15, 0.2) is 11.4 Å². The fourth-order valence-electron chi connectivity index (χ4n) is 2.31. The van der Waals surface area contributed by atoms with Gasteiger partial charge in [0.2, 0.25) is 0 Å². The van der Waals surface area contributed by atoms with E-state index >= 15 is 0 Å². The summed E-state index contributed by atoms with van der Waals surface area (Å²) >= 11 is 0. The molecular formula is C17H16F2N6O2. The summed E-state index contributed by atoms with van der Waals surface area (Å²) < 4.78 is 27.0. The molecule has 0 aliphatic carbocycles. The van der Waals surface area contributed by atoms with Gasteiger partial charge in [-0.2, -0.15) is 19.0 Å². The third-order valence-electron chi connectivity index (χ3n) is 3.62. The first-order valence-electron chi connectivity index (χ1n) is 8.06. The number of carbonyl (C=O) groups is 2. The van der Waals surface area contributed by atoms with Crippen LogP contribution in [0.25, 0.3) is 0 Å². The predicted molar refractivity (Wildman–Crippen MR) is 93.7 cm³/mol. The number of halogens is 2. The maximum atomic E-state index is 12.6. The number of alkyl halides is 2. The van der Waals surface area contributed by atoms with Gasteiger partial charge in [0.25, 0.3) is 11.8 Å². The summed E-state index contributed by atoms with van der Waals surface area (Å²) in [6.45, 7) is -0.551. The summed E-state index contributed by atoms with van der Waals surface area (Å²) in [6.07, 6.45) is 2.49. The van der Waals surface area contributed by atoms with Gasteiger partial charge in [0, 0.05) is 24.6 Å². The number of aryl methyl sites for hydroxylation is 1. The Morgan fingerprint density at radius 2 is 1.81 bits per heavy atom. The number of benzene rings is 1. The number of para-hydroxylation sites is 1. The topological polar surface area (TPSA) is 93.8 Å². The molecule has 3 rings (SSSR count). The Hall–Kier alpha value is -3.56. The molecule has 0 bridgehead atoms. The molecule has 0 aliphatic rings. The van der Waals surface area contributed by atoms with E-state index < -0.39 is 18.4 Å². The maximum Gasteiger partial charge on any atom is 0.333 e. The zero-order valence-corrected chi connectivity index (χ0v) is 14.3. The number of hydrogen-bond donors (Lipinski definition) is 2. The number of anilines is 2. The molecule has 2 heterocycles. The highest BCUT2D eigenvalue weighted by Crippen LogP contribution is 2.18. The monoisotopic (exact) mass is 374 g/mol. The molecule has 2 aromatic heterocycles. The van der Waals surface area contributed by atoms with E-state index in [0.717, 1.165) is 12.3 Å². The molecule has 2 N–H and O–H groups in total. The lowest BCUT2D eigenvalue weighted by Gasteiger charge is -2.05. The zero-order chi connectivity index (χ0) is 19.4. The van der Waals surface area contributed by atoms with Crippen molar-refractivity contribution in [3.63, 3.8) is 0 Å². The highest BCUT2D eigenvalue weighted by Gasteiger charge is 2.21. The van der Waals surface area contributed by atoms with Gasteiger partial charge >= 0.3 is 6.55 Å². The number of nitrogens with zero attached hydrogens (tertiary/aromatic N) is 4. The summed E-state index contributed by atoms with van der Waals surface area (Å²) in [4.78, 5) is 24.8. The lowest BCUT2D eigenvalue weighted by Crippen LogP contribution is -2.18. The van der Waals surface area contributed by atoms with Crippen molar-refractivity contribution in [1.29, 1.82) is 0 Å². The molecule has 0 spiro atoms. The van der Waals surface area contributed by atoms with Crippen LogP contribution in [0.5, 0.6) is 0 Å². The summed E-state index contributed by atoms with van der Waals surface area (Å²) in [5.41, 5.74) is 0.527. The second kappa shape index (κ2) is 7.77. The second-order valence-corrected chi connectivity index (χ2v) is 5.48. The van der Waals surface area contributed by atoms with Crippen LogP contribution in [0.15, 0.2) is 48.8 Å². The zero-order valence-electron chi connectivity index (χ0n) is 14.3. The number of rotatable bonds is 6. The van der Waals surface area contributed by atoms with E-state index in [0.29, 0.717) is 16.9 Å². The van der Waals surface area contributed by atoms with Crippen LogP contribution in [0.4, 0.5) is 20.2 Å². The molecule has 3 aromatic rings. The van der Waals surface area contributed by atoms with Crippen LogP contribution in [0.3, 0.4) is 0 Å². The van der Waals surface area contributed by atoms with Gasteiger partial charge in [-0.1, -0.05) is 18.2 Å². The molecule has 0 saturated heterocycles. The van der Waals surface area contributed by atoms with Crippen molar-refractivity contribution in [2.45, 2.75) is 20.0 Å². The second-order valence-electron chi connectivity index (χ2n) is 5.48. The van der Waals surface area contributed by atoms with Gasteiger partial charge in [-0.15, -0.1) is 0 Å². The predicted octanol–water partition coefficient (Wildman–Crippen LogP) is 3.00. The van der Waals surface area contributed by atoms with E-state index in [1.807, 2.05) is 13.0 Å². The molecule has 0 aliphatic heterocycles. The van der Waals surface area contributed by atoms with Gasteiger partial charge in [-0.25, -0.2) is 4.68 Å². The minimum absolute atomic E-state index is 0.00217. The van der Waals surface area contributed by atoms with Crippen molar-refractivity contribution >= 4 is 23.2 Å². The van der Waals surface area contributed by atoms with Gasteiger partial charge in [0.05, 0.1) is 5.69 Å². The van der Waals surface area contributed by atoms with E-state index in [1.54, 1.807) is 24.3 Å². The van der Waals surface area contributed by atoms with Crippen molar-refractivity contribution in [3.05, 3.63) is 60.2 Å². The molecular weight excluding hydrogens is 358 g/mol. The minimum atomic E-state index is -2.85. The van der Waals surface area contributed by atoms with E-state index in [2.05, 4.69) is 20.8 Å². The van der Waals surface area contributed by atoms with Crippen molar-refractivity contribution < 1.29 is 18.4 Å². The van der Waals surface area contributed by atoms with Gasteiger partial charge in [0.1, 0.15) is 0 Å². The van der Waals surface area contributed by atoms with Gasteiger partial charge in [-0.3, -0.25) is 14.3 Å². The van der Waals surface area contributed by atoms with Gasteiger partial charge in [-0.05, 0) is 25.1 Å². The quantitative estimate of drug-likeness (QED) is 0.694. The molecule has 0 unspecified atom stereocenters. The summed E-state index contributed by atoms with van der Waals surface area (Å²) in [7, 11) is 0. The fraction of sp³-hybridized carbons (Fsp3) is 0.176. The average Bonchev–Trinajstić information content (AvgIpc) is 3.30. The fourth-order valence-corrected chi connectivity index (χ4v) is 2.31. The first-order valence-corrected chi connectivity index (χ1v) is 8.06. The lowest BCUT2D eigenvalue weighted by atomic mass is 10.3. The molecule has 0 atom stereocenters. The highest BCUT2D eigenvalue weighted by atomic mass is 19.3. The van der Waals surface area contributed by atoms with E-state index in [9.17, 15) is 18.4 Å². The summed E-state index contributed by atoms with van der Waals surface area (Å²) in [6, 6.07) is 9.93. The van der Waals surface area contributed by atoms with Crippen molar-refractivity contribution in [1.82, 2.24) is 19.6 Å². The molecule has 0 saturated carbocycles. The van der Waals surface area contributed by atoms with Crippen LogP contribution in [0.1, 0.15) is 34.5 Å². The largest absolute Gasteiger partial charge is 0.333 e. The smallest absolute Gasteiger partial charge is 0.321 e. The average molecular weight is 374 g/mol. The number of aromatic nitrogens is 4. The number of hydrogen-bond acceptors (Lipinski definition) is 4. The molecule has 27 heavy (non-hydrogen) atoms. The van der Waals surface area contributed by atoms with E-state index in [4.69, 9.17) is 0 Å². The van der Waals surface area contributed by atoms with Crippen LogP contribution < -0.4 is 10.6 Å². The Kier molecular flexibility index (Phi) is 5.25. The number of amides is 2. The molecule has 0 fully saturated rings. The van der Waals surface area contributed by atoms with E-state index in [1.165, 1.54) is 10.9 Å². The van der Waals surface area contributed by atoms with Crippen LogP contribution >= 0.6 is 0 Å². The third-order valence-corrected chi connectivity index (χ3v) is 3.62. The van der Waals surface area contributed by atoms with Crippen LogP contribution in [0.2, 0.25) is 0 Å². The Morgan fingerprint density at radius 3 is 2.44 bits per heavy atom. The molecule has 10 heteroatoms. The molecule has 2 amide bonds. The van der Waals surface area contributed by atoms with Crippen LogP contribution in [-0.2, 0) is 6.54 Å². The van der Waals surface area contributed by atoms with Crippen molar-refractivity contribution in [3.8, 4) is 0 Å². The van der Waals surface area contributed by atoms with Crippen LogP contribution in [0, 0.1) is 0 Å². The SMILES string of the molecule is CCn1cc(NC(=O)c2ccn(C(F)F)n2)c(C(=O)Nc2ccccc2)n1. The van der Waals surface area contributed by atoms with Crippen LogP contribution in [-0.4, -0.2) is 31.4 Å². The van der Waals surface area contributed by atoms with Gasteiger partial charge < -0.3 is 10.6 Å². The number of nitrogens with one attached hydrogen (secondary N) is 2. The number of carbonyl (C=O) groups excluding carboxylic acids is 2. The Labute approximate surface area is 152 Å². The molecule has 0 radical (unpaired) electrons. The Bertz CT molecular complexity index is 952. The Balaban J connectivity index is 1.81. The maximum absolute atomic E-state index is 12.6. The standard InChI is InChI=1S/C17H16F2N6O2/c1-2-24-10-13(21-15(26)12-8-9-25(22-12)17(18)19)14(23-24)16(27)20-11-6-4-3-5-7-11/h3-10,17H,2H2,1H3,(H,20,27)(H,21,26). The lowest BCUT2D eigenvalue weighted by molar-refractivity contribution is 0.0561.